The molecule has 1 amide bonds. The number of hydrogen-bond donors (Lipinski definition) is 2. The number of halogens is 1. The summed E-state index contributed by atoms with van der Waals surface area (Å²) in [6.07, 6.45) is 0.411. The van der Waals surface area contributed by atoms with Crippen molar-refractivity contribution < 1.29 is 14.7 Å². The van der Waals surface area contributed by atoms with Crippen LogP contribution in [0.25, 0.3) is 0 Å². The molecule has 0 aliphatic heterocycles. The van der Waals surface area contributed by atoms with Crippen LogP contribution in [-0.4, -0.2) is 23.0 Å². The molecule has 19 heavy (non-hydrogen) atoms. The second-order valence-electron chi connectivity index (χ2n) is 4.91. The smallest absolute Gasteiger partial charge is 0.326 e. The molecule has 0 aliphatic rings. The van der Waals surface area contributed by atoms with Crippen LogP contribution >= 0.6 is 15.9 Å². The number of hydrogen-bond acceptors (Lipinski definition) is 2. The molecule has 0 spiro atoms. The molecule has 5 heteroatoms. The Morgan fingerprint density at radius 2 is 2.00 bits per heavy atom. The first kappa shape index (κ1) is 15.7. The normalized spacial score (nSPS) is 12.3. The molecule has 0 bridgehead atoms. The van der Waals surface area contributed by atoms with Crippen LogP contribution in [0, 0.1) is 12.8 Å². The summed E-state index contributed by atoms with van der Waals surface area (Å²) in [6.45, 7) is 5.66. The molecule has 0 saturated heterocycles. The topological polar surface area (TPSA) is 66.4 Å². The molecular weight excluding hydrogens is 310 g/mol. The van der Waals surface area contributed by atoms with E-state index in [1.165, 1.54) is 0 Å². The fraction of sp³-hybridized carbons (Fsp3) is 0.429. The highest BCUT2D eigenvalue weighted by molar-refractivity contribution is 9.10. The lowest BCUT2D eigenvalue weighted by atomic mass is 10.0. The van der Waals surface area contributed by atoms with Crippen LogP contribution in [0.4, 0.5) is 0 Å². The summed E-state index contributed by atoms with van der Waals surface area (Å²) in [4.78, 5) is 23.2. The van der Waals surface area contributed by atoms with Crippen LogP contribution < -0.4 is 5.32 Å². The van der Waals surface area contributed by atoms with Crippen LogP contribution in [0.15, 0.2) is 22.7 Å². The Bertz CT molecular complexity index is 486. The minimum Gasteiger partial charge on any atom is -0.480 e. The van der Waals surface area contributed by atoms with Crippen LogP contribution in [0.2, 0.25) is 0 Å². The molecule has 0 heterocycles. The quantitative estimate of drug-likeness (QED) is 0.873. The van der Waals surface area contributed by atoms with E-state index < -0.39 is 12.0 Å². The van der Waals surface area contributed by atoms with E-state index in [-0.39, 0.29) is 11.8 Å². The van der Waals surface area contributed by atoms with Crippen molar-refractivity contribution in [3.05, 3.63) is 33.8 Å². The number of benzene rings is 1. The van der Waals surface area contributed by atoms with E-state index in [2.05, 4.69) is 21.2 Å². The van der Waals surface area contributed by atoms with Crippen LogP contribution in [0.5, 0.6) is 0 Å². The van der Waals surface area contributed by atoms with Gasteiger partial charge in [0.2, 0.25) is 0 Å². The molecule has 0 unspecified atom stereocenters. The van der Waals surface area contributed by atoms with Crippen molar-refractivity contribution in [3.8, 4) is 0 Å². The molecule has 104 valence electrons. The number of rotatable bonds is 5. The first-order valence-corrected chi connectivity index (χ1v) is 6.91. The van der Waals surface area contributed by atoms with Gasteiger partial charge in [-0.1, -0.05) is 35.8 Å². The summed E-state index contributed by atoms with van der Waals surface area (Å²) in [5.74, 6) is -1.16. The average Bonchev–Trinajstić information content (AvgIpc) is 2.31. The van der Waals surface area contributed by atoms with Crippen molar-refractivity contribution >= 4 is 27.8 Å². The number of carboxylic acid groups (broad SMARTS) is 1. The molecule has 1 rings (SSSR count). The van der Waals surface area contributed by atoms with Gasteiger partial charge in [0.1, 0.15) is 6.04 Å². The van der Waals surface area contributed by atoms with Gasteiger partial charge < -0.3 is 10.4 Å². The largest absolute Gasteiger partial charge is 0.480 e. The second kappa shape index (κ2) is 6.70. The molecule has 0 fully saturated rings. The number of carbonyl (C=O) groups excluding carboxylic acids is 1. The van der Waals surface area contributed by atoms with Gasteiger partial charge in [0.05, 0.1) is 0 Å². The SMILES string of the molecule is Cc1c(Br)cccc1C(=O)N[C@H](CC(C)C)C(=O)O. The Hall–Kier alpha value is -1.36. The van der Waals surface area contributed by atoms with Crippen LogP contribution in [0.1, 0.15) is 36.2 Å². The third-order valence-electron chi connectivity index (χ3n) is 2.82. The Morgan fingerprint density at radius 1 is 1.37 bits per heavy atom. The summed E-state index contributed by atoms with van der Waals surface area (Å²) in [6, 6.07) is 4.42. The molecule has 1 atom stereocenters. The Balaban J connectivity index is 2.88. The number of nitrogens with one attached hydrogen (secondary N) is 1. The second-order valence-corrected chi connectivity index (χ2v) is 5.76. The Kier molecular flexibility index (Phi) is 5.54. The highest BCUT2D eigenvalue weighted by Gasteiger charge is 2.22. The van der Waals surface area contributed by atoms with E-state index in [9.17, 15) is 9.59 Å². The van der Waals surface area contributed by atoms with Crippen molar-refractivity contribution in [2.24, 2.45) is 5.92 Å². The zero-order chi connectivity index (χ0) is 14.6. The van der Waals surface area contributed by atoms with Gasteiger partial charge in [-0.3, -0.25) is 4.79 Å². The summed E-state index contributed by atoms with van der Waals surface area (Å²) in [5, 5.41) is 11.7. The van der Waals surface area contributed by atoms with Crippen molar-refractivity contribution in [2.45, 2.75) is 33.2 Å². The lowest BCUT2D eigenvalue weighted by Crippen LogP contribution is -2.41. The first-order chi connectivity index (χ1) is 8.82. The van der Waals surface area contributed by atoms with Gasteiger partial charge in [-0.15, -0.1) is 0 Å². The monoisotopic (exact) mass is 327 g/mol. The third-order valence-corrected chi connectivity index (χ3v) is 3.68. The molecule has 4 nitrogen and oxygen atoms in total. The van der Waals surface area contributed by atoms with Crippen LogP contribution in [0.3, 0.4) is 0 Å². The number of aliphatic carboxylic acids is 1. The van der Waals surface area contributed by atoms with Gasteiger partial charge in [0.15, 0.2) is 0 Å². The van der Waals surface area contributed by atoms with Gasteiger partial charge in [-0.25, -0.2) is 4.79 Å². The van der Waals surface area contributed by atoms with Crippen molar-refractivity contribution in [3.63, 3.8) is 0 Å². The zero-order valence-electron chi connectivity index (χ0n) is 11.2. The van der Waals surface area contributed by atoms with E-state index in [1.807, 2.05) is 26.8 Å². The molecule has 2 N–H and O–H groups in total. The van der Waals surface area contributed by atoms with E-state index in [1.54, 1.807) is 12.1 Å². The molecular formula is C14H18BrNO3. The number of carboxylic acids is 1. The highest BCUT2D eigenvalue weighted by atomic mass is 79.9. The lowest BCUT2D eigenvalue weighted by molar-refractivity contribution is -0.139. The van der Waals surface area contributed by atoms with Gasteiger partial charge in [0, 0.05) is 10.0 Å². The molecule has 0 radical (unpaired) electrons. The predicted octanol–water partition coefficient (Wildman–Crippen LogP) is 2.99. The standard InChI is InChI=1S/C14H18BrNO3/c1-8(2)7-12(14(18)19)16-13(17)10-5-4-6-11(15)9(10)3/h4-6,8,12H,7H2,1-3H3,(H,16,17)(H,18,19)/t12-/m1/s1. The molecule has 1 aromatic carbocycles. The maximum atomic E-state index is 12.1. The maximum Gasteiger partial charge on any atom is 0.326 e. The fourth-order valence-corrected chi connectivity index (χ4v) is 2.15. The van der Waals surface area contributed by atoms with Gasteiger partial charge in [0.25, 0.3) is 5.91 Å². The van der Waals surface area contributed by atoms with E-state index >= 15 is 0 Å². The Morgan fingerprint density at radius 3 is 2.53 bits per heavy atom. The Labute approximate surface area is 121 Å². The third kappa shape index (κ3) is 4.35. The fourth-order valence-electron chi connectivity index (χ4n) is 1.78. The first-order valence-electron chi connectivity index (χ1n) is 6.11. The summed E-state index contributed by atoms with van der Waals surface area (Å²) in [5.41, 5.74) is 1.29. The maximum absolute atomic E-state index is 12.1. The van der Waals surface area contributed by atoms with Crippen LogP contribution in [-0.2, 0) is 4.79 Å². The summed E-state index contributed by atoms with van der Waals surface area (Å²) >= 11 is 3.35. The van der Waals surface area contributed by atoms with Gasteiger partial charge in [-0.05, 0) is 37.0 Å². The summed E-state index contributed by atoms with van der Waals surface area (Å²) in [7, 11) is 0. The van der Waals surface area contributed by atoms with Gasteiger partial charge in [-0.2, -0.15) is 0 Å². The predicted molar refractivity (Wildman–Crippen MR) is 77.2 cm³/mol. The molecule has 0 saturated carbocycles. The lowest BCUT2D eigenvalue weighted by Gasteiger charge is -2.17. The van der Waals surface area contributed by atoms with Crippen molar-refractivity contribution in [2.75, 3.05) is 0 Å². The minimum atomic E-state index is -1.00. The van der Waals surface area contributed by atoms with E-state index in [0.29, 0.717) is 12.0 Å². The molecule has 0 aromatic heterocycles. The number of carbonyl (C=O) groups is 2. The highest BCUT2D eigenvalue weighted by Crippen LogP contribution is 2.19. The van der Waals surface area contributed by atoms with E-state index in [4.69, 9.17) is 5.11 Å². The minimum absolute atomic E-state index is 0.199. The van der Waals surface area contributed by atoms with E-state index in [0.717, 1.165) is 10.0 Å². The molecule has 1 aromatic rings. The zero-order valence-corrected chi connectivity index (χ0v) is 12.8. The van der Waals surface area contributed by atoms with Gasteiger partial charge >= 0.3 is 5.97 Å². The van der Waals surface area contributed by atoms with Crippen molar-refractivity contribution in [1.82, 2.24) is 5.32 Å². The van der Waals surface area contributed by atoms with Crippen molar-refractivity contribution in [1.29, 1.82) is 0 Å². The summed E-state index contributed by atoms with van der Waals surface area (Å²) < 4.78 is 0.830. The average molecular weight is 328 g/mol. The molecule has 0 aliphatic carbocycles. The number of amides is 1.